The van der Waals surface area contributed by atoms with Crippen molar-refractivity contribution in [3.05, 3.63) is 45.5 Å². The Hall–Kier alpha value is -1.63. The van der Waals surface area contributed by atoms with Gasteiger partial charge in [0.15, 0.2) is 11.9 Å². The number of rotatable bonds is 4. The first-order valence-corrected chi connectivity index (χ1v) is 7.29. The zero-order chi connectivity index (χ0) is 16.4. The number of hydrogen-bond donors (Lipinski definition) is 1. The molecule has 0 aliphatic carbocycles. The van der Waals surface area contributed by atoms with Crippen LogP contribution in [0.2, 0.25) is 10.0 Å². The molecule has 0 saturated heterocycles. The zero-order valence-corrected chi connectivity index (χ0v) is 13.9. The predicted octanol–water partition coefficient (Wildman–Crippen LogP) is 2.12. The highest BCUT2D eigenvalue weighted by Crippen LogP contribution is 2.24. The maximum atomic E-state index is 12.3. The van der Waals surface area contributed by atoms with Crippen molar-refractivity contribution in [1.29, 1.82) is 0 Å². The maximum absolute atomic E-state index is 12.3. The van der Waals surface area contributed by atoms with E-state index in [0.717, 1.165) is 5.82 Å². The molecule has 0 unspecified atom stereocenters. The third kappa shape index (κ3) is 3.58. The topological polar surface area (TPSA) is 71.2 Å². The summed E-state index contributed by atoms with van der Waals surface area (Å²) in [4.78, 5) is 13.7. The van der Waals surface area contributed by atoms with Crippen molar-refractivity contribution >= 4 is 29.1 Å². The minimum atomic E-state index is -1.34. The molecule has 2 rings (SSSR count). The summed E-state index contributed by atoms with van der Waals surface area (Å²) < 4.78 is 1.78. The number of likely N-dealkylation sites (N-methyl/N-ethyl adjacent to an activating group) is 1. The first kappa shape index (κ1) is 16.7. The van der Waals surface area contributed by atoms with Gasteiger partial charge in [-0.1, -0.05) is 23.2 Å². The van der Waals surface area contributed by atoms with Crippen molar-refractivity contribution in [3.63, 3.8) is 0 Å². The van der Waals surface area contributed by atoms with Crippen LogP contribution in [0.25, 0.3) is 0 Å². The smallest absolute Gasteiger partial charge is 0.256 e. The molecule has 6 nitrogen and oxygen atoms in total. The molecular weight excluding hydrogens is 327 g/mol. The van der Waals surface area contributed by atoms with Crippen LogP contribution in [-0.2, 0) is 18.4 Å². The van der Waals surface area contributed by atoms with Gasteiger partial charge in [-0.2, -0.15) is 0 Å². The van der Waals surface area contributed by atoms with E-state index < -0.39 is 12.0 Å². The lowest BCUT2D eigenvalue weighted by Gasteiger charge is -2.20. The van der Waals surface area contributed by atoms with E-state index in [2.05, 4.69) is 10.2 Å². The standard InChI is InChI=1S/C14H16Cl2N4O2/c1-8-17-18-12(20(8)3)7-19(2)14(22)13(21)9-4-10(15)6-11(16)5-9/h4-6,13,21H,7H2,1-3H3/t13-/m1/s1. The number of aliphatic hydroxyl groups excluding tert-OH is 1. The van der Waals surface area contributed by atoms with Crippen molar-refractivity contribution in [2.75, 3.05) is 7.05 Å². The van der Waals surface area contributed by atoms with Gasteiger partial charge in [-0.3, -0.25) is 4.79 Å². The van der Waals surface area contributed by atoms with E-state index in [0.29, 0.717) is 21.4 Å². The summed E-state index contributed by atoms with van der Waals surface area (Å²) in [6.45, 7) is 2.06. The van der Waals surface area contributed by atoms with Gasteiger partial charge in [0.1, 0.15) is 5.82 Å². The monoisotopic (exact) mass is 342 g/mol. The number of nitrogens with zero attached hydrogens (tertiary/aromatic N) is 4. The molecule has 1 aromatic heterocycles. The van der Waals surface area contributed by atoms with Gasteiger partial charge in [-0.25, -0.2) is 0 Å². The van der Waals surface area contributed by atoms with E-state index in [9.17, 15) is 9.90 Å². The molecule has 118 valence electrons. The Morgan fingerprint density at radius 3 is 2.41 bits per heavy atom. The summed E-state index contributed by atoms with van der Waals surface area (Å²) in [5, 5.41) is 18.9. The Morgan fingerprint density at radius 1 is 1.32 bits per heavy atom. The summed E-state index contributed by atoms with van der Waals surface area (Å²) in [7, 11) is 3.40. The summed E-state index contributed by atoms with van der Waals surface area (Å²) in [5.74, 6) is 0.904. The average molecular weight is 343 g/mol. The number of aryl methyl sites for hydroxylation is 1. The summed E-state index contributed by atoms with van der Waals surface area (Å²) in [5.41, 5.74) is 0.350. The van der Waals surface area contributed by atoms with Crippen LogP contribution in [0.15, 0.2) is 18.2 Å². The molecule has 0 aliphatic rings. The number of aliphatic hydroxyl groups is 1. The van der Waals surface area contributed by atoms with Crippen LogP contribution in [-0.4, -0.2) is 37.7 Å². The number of benzene rings is 1. The van der Waals surface area contributed by atoms with Crippen molar-refractivity contribution in [3.8, 4) is 0 Å². The quantitative estimate of drug-likeness (QED) is 0.923. The molecule has 0 fully saturated rings. The third-order valence-corrected chi connectivity index (χ3v) is 3.81. The fourth-order valence-corrected chi connectivity index (χ4v) is 2.51. The van der Waals surface area contributed by atoms with Crippen LogP contribution in [0.4, 0.5) is 0 Å². The molecule has 0 bridgehead atoms. The van der Waals surface area contributed by atoms with E-state index in [1.165, 1.54) is 23.1 Å². The first-order chi connectivity index (χ1) is 10.3. The van der Waals surface area contributed by atoms with Crippen molar-refractivity contribution in [2.24, 2.45) is 7.05 Å². The Kier molecular flexibility index (Phi) is 5.05. The van der Waals surface area contributed by atoms with Crippen LogP contribution in [0, 0.1) is 6.92 Å². The predicted molar refractivity (Wildman–Crippen MR) is 83.6 cm³/mol. The molecule has 0 aliphatic heterocycles. The first-order valence-electron chi connectivity index (χ1n) is 6.53. The highest BCUT2D eigenvalue weighted by molar-refractivity contribution is 6.34. The second-order valence-electron chi connectivity index (χ2n) is 5.02. The summed E-state index contributed by atoms with van der Waals surface area (Å²) in [6, 6.07) is 4.56. The number of aromatic nitrogens is 3. The van der Waals surface area contributed by atoms with Gasteiger partial charge >= 0.3 is 0 Å². The molecule has 1 heterocycles. The van der Waals surface area contributed by atoms with Crippen LogP contribution in [0.1, 0.15) is 23.3 Å². The number of amides is 1. The van der Waals surface area contributed by atoms with Crippen molar-refractivity contribution in [1.82, 2.24) is 19.7 Å². The van der Waals surface area contributed by atoms with Crippen molar-refractivity contribution in [2.45, 2.75) is 19.6 Å². The van der Waals surface area contributed by atoms with Gasteiger partial charge in [0.2, 0.25) is 0 Å². The lowest BCUT2D eigenvalue weighted by atomic mass is 10.1. The molecule has 1 atom stereocenters. The Labute approximate surface area is 138 Å². The second kappa shape index (κ2) is 6.64. The Morgan fingerprint density at radius 2 is 1.91 bits per heavy atom. The molecule has 0 spiro atoms. The molecule has 0 saturated carbocycles. The van der Waals surface area contributed by atoms with Gasteiger partial charge < -0.3 is 14.6 Å². The second-order valence-corrected chi connectivity index (χ2v) is 5.89. The molecule has 1 N–H and O–H groups in total. The average Bonchev–Trinajstić information content (AvgIpc) is 2.76. The normalized spacial score (nSPS) is 12.3. The number of halogens is 2. The third-order valence-electron chi connectivity index (χ3n) is 3.37. The largest absolute Gasteiger partial charge is 0.378 e. The summed E-state index contributed by atoms with van der Waals surface area (Å²) in [6.07, 6.45) is -1.34. The lowest BCUT2D eigenvalue weighted by molar-refractivity contribution is -0.139. The van der Waals surface area contributed by atoms with Crippen LogP contribution < -0.4 is 0 Å². The maximum Gasteiger partial charge on any atom is 0.256 e. The minimum Gasteiger partial charge on any atom is -0.378 e. The number of carbonyl (C=O) groups is 1. The van der Waals surface area contributed by atoms with E-state index in [-0.39, 0.29) is 6.54 Å². The van der Waals surface area contributed by atoms with Gasteiger partial charge in [0, 0.05) is 24.1 Å². The minimum absolute atomic E-state index is 0.238. The lowest BCUT2D eigenvalue weighted by Crippen LogP contribution is -2.32. The van der Waals surface area contributed by atoms with Crippen LogP contribution in [0.5, 0.6) is 0 Å². The Bertz CT molecular complexity index is 682. The highest BCUT2D eigenvalue weighted by Gasteiger charge is 2.23. The fraction of sp³-hybridized carbons (Fsp3) is 0.357. The van der Waals surface area contributed by atoms with E-state index in [1.807, 2.05) is 14.0 Å². The fourth-order valence-electron chi connectivity index (χ4n) is 1.96. The molecule has 22 heavy (non-hydrogen) atoms. The molecule has 0 radical (unpaired) electrons. The zero-order valence-electron chi connectivity index (χ0n) is 12.4. The van der Waals surface area contributed by atoms with Gasteiger partial charge in [-0.15, -0.1) is 10.2 Å². The van der Waals surface area contributed by atoms with Crippen molar-refractivity contribution < 1.29 is 9.90 Å². The highest BCUT2D eigenvalue weighted by atomic mass is 35.5. The van der Waals surface area contributed by atoms with Crippen LogP contribution in [0.3, 0.4) is 0 Å². The molecule has 1 amide bonds. The van der Waals surface area contributed by atoms with E-state index in [4.69, 9.17) is 23.2 Å². The summed E-state index contributed by atoms with van der Waals surface area (Å²) >= 11 is 11.8. The molecular formula is C14H16Cl2N4O2. The van der Waals surface area contributed by atoms with E-state index >= 15 is 0 Å². The van der Waals surface area contributed by atoms with Gasteiger partial charge in [0.05, 0.1) is 6.54 Å². The SMILES string of the molecule is Cc1nnc(CN(C)C(=O)[C@H](O)c2cc(Cl)cc(Cl)c2)n1C. The van der Waals surface area contributed by atoms with E-state index in [1.54, 1.807) is 11.6 Å². The van der Waals surface area contributed by atoms with Gasteiger partial charge in [-0.05, 0) is 30.7 Å². The van der Waals surface area contributed by atoms with Crippen LogP contribution >= 0.6 is 23.2 Å². The van der Waals surface area contributed by atoms with Gasteiger partial charge in [0.25, 0.3) is 5.91 Å². The number of carbonyl (C=O) groups excluding carboxylic acids is 1. The Balaban J connectivity index is 2.14. The molecule has 1 aromatic carbocycles. The molecule has 8 heteroatoms. The number of hydrogen-bond acceptors (Lipinski definition) is 4. The molecule has 2 aromatic rings.